The number of hydrogen-bond acceptors (Lipinski definition) is 3. The van der Waals surface area contributed by atoms with Gasteiger partial charge in [0.25, 0.3) is 0 Å². The summed E-state index contributed by atoms with van der Waals surface area (Å²) in [5.74, 6) is 0.0706. The van der Waals surface area contributed by atoms with Crippen molar-refractivity contribution in [2.45, 2.75) is 25.6 Å². The van der Waals surface area contributed by atoms with E-state index in [4.69, 9.17) is 5.11 Å². The fraction of sp³-hybridized carbons (Fsp3) is 1.00. The van der Waals surface area contributed by atoms with E-state index >= 15 is 0 Å². The van der Waals surface area contributed by atoms with Gasteiger partial charge in [-0.1, -0.05) is 0 Å². The molecule has 0 aromatic rings. The first-order chi connectivity index (χ1) is 4.72. The Hall–Kier alpha value is -0.120. The molecule has 0 aromatic carbocycles. The minimum absolute atomic E-state index is 0.0706. The minimum atomic E-state index is -0.378. The molecule has 1 saturated heterocycles. The maximum absolute atomic E-state index is 9.32. The Morgan fingerprint density at radius 2 is 2.30 bits per heavy atom. The number of hydrogen-bond donors (Lipinski definition) is 3. The Balaban J connectivity index is 2.40. The highest BCUT2D eigenvalue weighted by molar-refractivity contribution is 4.80. The van der Waals surface area contributed by atoms with E-state index in [0.717, 1.165) is 13.0 Å². The van der Waals surface area contributed by atoms with Crippen molar-refractivity contribution in [1.29, 1.82) is 0 Å². The van der Waals surface area contributed by atoms with E-state index in [9.17, 15) is 5.11 Å². The van der Waals surface area contributed by atoms with Crippen molar-refractivity contribution in [2.75, 3.05) is 13.1 Å². The van der Waals surface area contributed by atoms with Gasteiger partial charge in [-0.2, -0.15) is 0 Å². The molecule has 0 saturated carbocycles. The highest BCUT2D eigenvalue weighted by Gasteiger charge is 2.26. The summed E-state index contributed by atoms with van der Waals surface area (Å²) in [5.41, 5.74) is 0. The molecule has 1 fully saturated rings. The number of aliphatic hydroxyl groups is 2. The van der Waals surface area contributed by atoms with Crippen molar-refractivity contribution < 1.29 is 10.2 Å². The fourth-order valence-electron chi connectivity index (χ4n) is 1.43. The topological polar surface area (TPSA) is 52.5 Å². The lowest BCUT2D eigenvalue weighted by Gasteiger charge is -2.30. The van der Waals surface area contributed by atoms with Crippen molar-refractivity contribution in [3.8, 4) is 0 Å². The standard InChI is InChI=1S/C7H15NO2/c1-5(9)6-2-3-8-4-7(6)10/h5-10H,2-4H2,1H3/t5?,6?,7-/m1/s1. The number of piperidine rings is 1. The summed E-state index contributed by atoms with van der Waals surface area (Å²) in [6.45, 7) is 3.27. The number of aliphatic hydroxyl groups excluding tert-OH is 2. The second-order valence-electron chi connectivity index (χ2n) is 2.96. The minimum Gasteiger partial charge on any atom is -0.393 e. The summed E-state index contributed by atoms with van der Waals surface area (Å²) in [6, 6.07) is 0. The smallest absolute Gasteiger partial charge is 0.0717 e. The third-order valence-corrected chi connectivity index (χ3v) is 2.12. The van der Waals surface area contributed by atoms with E-state index in [2.05, 4.69) is 5.32 Å². The Labute approximate surface area is 61.1 Å². The van der Waals surface area contributed by atoms with Gasteiger partial charge in [0.05, 0.1) is 12.2 Å². The highest BCUT2D eigenvalue weighted by Crippen LogP contribution is 2.16. The van der Waals surface area contributed by atoms with Gasteiger partial charge in [0.1, 0.15) is 0 Å². The molecule has 0 bridgehead atoms. The molecule has 2 unspecified atom stereocenters. The largest absolute Gasteiger partial charge is 0.393 e. The zero-order chi connectivity index (χ0) is 7.56. The zero-order valence-corrected chi connectivity index (χ0v) is 6.25. The number of rotatable bonds is 1. The van der Waals surface area contributed by atoms with Gasteiger partial charge < -0.3 is 15.5 Å². The van der Waals surface area contributed by atoms with E-state index in [1.165, 1.54) is 0 Å². The number of nitrogens with one attached hydrogen (secondary N) is 1. The van der Waals surface area contributed by atoms with Gasteiger partial charge in [-0.3, -0.25) is 0 Å². The first-order valence-electron chi connectivity index (χ1n) is 3.78. The van der Waals surface area contributed by atoms with Crippen molar-refractivity contribution in [3.05, 3.63) is 0 Å². The van der Waals surface area contributed by atoms with Crippen LogP contribution in [-0.2, 0) is 0 Å². The molecule has 60 valence electrons. The second-order valence-corrected chi connectivity index (χ2v) is 2.96. The molecule has 0 radical (unpaired) electrons. The third kappa shape index (κ3) is 1.68. The summed E-state index contributed by atoms with van der Waals surface area (Å²) in [6.07, 6.45) is 0.129. The molecule has 1 aliphatic heterocycles. The first-order valence-corrected chi connectivity index (χ1v) is 3.78. The molecular formula is C7H15NO2. The van der Waals surface area contributed by atoms with E-state index in [0.29, 0.717) is 6.54 Å². The third-order valence-electron chi connectivity index (χ3n) is 2.12. The molecular weight excluding hydrogens is 130 g/mol. The van der Waals surface area contributed by atoms with Gasteiger partial charge in [0, 0.05) is 12.5 Å². The predicted octanol–water partition coefficient (Wildman–Crippen LogP) is -0.662. The number of β-amino-alcohol motifs (C(OH)–C–C–N with tert-alkyl or cyclic N) is 1. The van der Waals surface area contributed by atoms with Crippen LogP contribution < -0.4 is 5.32 Å². The van der Waals surface area contributed by atoms with Crippen LogP contribution in [0.5, 0.6) is 0 Å². The normalized spacial score (nSPS) is 37.5. The van der Waals surface area contributed by atoms with E-state index in [1.807, 2.05) is 0 Å². The molecule has 1 aliphatic rings. The molecule has 10 heavy (non-hydrogen) atoms. The molecule has 0 amide bonds. The van der Waals surface area contributed by atoms with Crippen LogP contribution in [0.15, 0.2) is 0 Å². The molecule has 3 heteroatoms. The highest BCUT2D eigenvalue weighted by atomic mass is 16.3. The van der Waals surface area contributed by atoms with Crippen LogP contribution in [0.3, 0.4) is 0 Å². The van der Waals surface area contributed by atoms with Crippen molar-refractivity contribution in [1.82, 2.24) is 5.32 Å². The monoisotopic (exact) mass is 145 g/mol. The summed E-state index contributed by atoms with van der Waals surface area (Å²) in [5, 5.41) is 21.5. The summed E-state index contributed by atoms with van der Waals surface area (Å²) < 4.78 is 0. The van der Waals surface area contributed by atoms with E-state index in [-0.39, 0.29) is 18.1 Å². The van der Waals surface area contributed by atoms with Gasteiger partial charge in [-0.05, 0) is 19.9 Å². The van der Waals surface area contributed by atoms with Crippen LogP contribution in [0.25, 0.3) is 0 Å². The van der Waals surface area contributed by atoms with Gasteiger partial charge in [-0.25, -0.2) is 0 Å². The van der Waals surface area contributed by atoms with Crippen LogP contribution in [0.4, 0.5) is 0 Å². The molecule has 3 N–H and O–H groups in total. The lowest BCUT2D eigenvalue weighted by Crippen LogP contribution is -2.44. The van der Waals surface area contributed by atoms with E-state index in [1.54, 1.807) is 6.92 Å². The molecule has 3 nitrogen and oxygen atoms in total. The van der Waals surface area contributed by atoms with Crippen molar-refractivity contribution >= 4 is 0 Å². The van der Waals surface area contributed by atoms with Gasteiger partial charge in [0.2, 0.25) is 0 Å². The zero-order valence-electron chi connectivity index (χ0n) is 6.25. The Morgan fingerprint density at radius 3 is 2.70 bits per heavy atom. The molecule has 0 spiro atoms. The summed E-state index contributed by atoms with van der Waals surface area (Å²) in [7, 11) is 0. The van der Waals surface area contributed by atoms with E-state index < -0.39 is 0 Å². The average molecular weight is 145 g/mol. The van der Waals surface area contributed by atoms with Gasteiger partial charge in [0.15, 0.2) is 0 Å². The van der Waals surface area contributed by atoms with Crippen LogP contribution in [0, 0.1) is 5.92 Å². The summed E-state index contributed by atoms with van der Waals surface area (Å²) >= 11 is 0. The van der Waals surface area contributed by atoms with Crippen molar-refractivity contribution in [3.63, 3.8) is 0 Å². The molecule has 3 atom stereocenters. The predicted molar refractivity (Wildman–Crippen MR) is 38.7 cm³/mol. The average Bonchev–Trinajstić information content (AvgIpc) is 1.88. The van der Waals surface area contributed by atoms with Crippen LogP contribution in [-0.4, -0.2) is 35.5 Å². The van der Waals surface area contributed by atoms with Gasteiger partial charge in [-0.15, -0.1) is 0 Å². The van der Waals surface area contributed by atoms with Crippen LogP contribution in [0.2, 0.25) is 0 Å². The van der Waals surface area contributed by atoms with Crippen molar-refractivity contribution in [2.24, 2.45) is 5.92 Å². The maximum atomic E-state index is 9.32. The second kappa shape index (κ2) is 3.32. The molecule has 0 aromatic heterocycles. The van der Waals surface area contributed by atoms with Gasteiger partial charge >= 0.3 is 0 Å². The first kappa shape index (κ1) is 7.98. The Morgan fingerprint density at radius 1 is 1.60 bits per heavy atom. The lowest BCUT2D eigenvalue weighted by atomic mass is 9.91. The lowest BCUT2D eigenvalue weighted by molar-refractivity contribution is 0.00436. The maximum Gasteiger partial charge on any atom is 0.0717 e. The quantitative estimate of drug-likeness (QED) is 0.459. The summed E-state index contributed by atoms with van der Waals surface area (Å²) in [4.78, 5) is 0. The Kier molecular flexibility index (Phi) is 2.65. The SMILES string of the molecule is CC(O)C1CCNC[C@H]1O. The molecule has 1 heterocycles. The van der Waals surface area contributed by atoms with Crippen LogP contribution >= 0.6 is 0 Å². The fourth-order valence-corrected chi connectivity index (χ4v) is 1.43. The molecule has 0 aliphatic carbocycles. The van der Waals surface area contributed by atoms with Crippen LogP contribution in [0.1, 0.15) is 13.3 Å². The molecule has 1 rings (SSSR count). The Bertz CT molecular complexity index is 106.